The third kappa shape index (κ3) is 2.28. The van der Waals surface area contributed by atoms with Gasteiger partial charge in [0.15, 0.2) is 0 Å². The number of rotatable bonds is 4. The minimum atomic E-state index is -0.584. The Labute approximate surface area is 138 Å². The van der Waals surface area contributed by atoms with E-state index in [1.807, 2.05) is 0 Å². The van der Waals surface area contributed by atoms with Crippen LogP contribution in [0.4, 0.5) is 0 Å². The first-order valence-electron chi connectivity index (χ1n) is 8.29. The zero-order valence-corrected chi connectivity index (χ0v) is 13.1. The fraction of sp³-hybridized carbons (Fsp3) is 0.625. The Morgan fingerprint density at radius 1 is 0.708 bits per heavy atom. The van der Waals surface area contributed by atoms with Gasteiger partial charge in [-0.15, -0.1) is 0 Å². The van der Waals surface area contributed by atoms with E-state index in [0.29, 0.717) is 24.7 Å². The molecule has 2 saturated heterocycles. The topological polar surface area (TPSA) is 127 Å². The molecule has 4 fully saturated rings. The van der Waals surface area contributed by atoms with Crippen LogP contribution in [0.5, 0.6) is 0 Å². The van der Waals surface area contributed by atoms with Gasteiger partial charge in [0.05, 0.1) is 0 Å². The third-order valence-corrected chi connectivity index (χ3v) is 5.74. The molecule has 2 aliphatic carbocycles. The lowest BCUT2D eigenvalue weighted by Gasteiger charge is -2.25. The number of amides is 4. The van der Waals surface area contributed by atoms with Gasteiger partial charge in [-0.2, -0.15) is 0 Å². The van der Waals surface area contributed by atoms with Gasteiger partial charge in [0.25, 0.3) is 0 Å². The molecule has 4 aliphatic rings. The van der Waals surface area contributed by atoms with E-state index in [4.69, 9.17) is 11.5 Å². The third-order valence-electron chi connectivity index (χ3n) is 5.74. The summed E-state index contributed by atoms with van der Waals surface area (Å²) < 4.78 is 0. The van der Waals surface area contributed by atoms with E-state index in [9.17, 15) is 19.2 Å². The Hall–Kier alpha value is -2.38. The van der Waals surface area contributed by atoms with Gasteiger partial charge in [-0.25, -0.2) is 0 Å². The Morgan fingerprint density at radius 2 is 1.08 bits per heavy atom. The monoisotopic (exact) mass is 332 g/mol. The first-order valence-corrected chi connectivity index (χ1v) is 8.29. The summed E-state index contributed by atoms with van der Waals surface area (Å²) in [7, 11) is 0. The molecule has 0 aromatic carbocycles. The maximum Gasteiger partial charge on any atom is 0.247 e. The lowest BCUT2D eigenvalue weighted by atomic mass is 10.1. The van der Waals surface area contributed by atoms with Crippen LogP contribution in [0, 0.1) is 11.8 Å². The molecule has 0 aromatic heterocycles. The molecule has 0 spiro atoms. The van der Waals surface area contributed by atoms with E-state index >= 15 is 0 Å². The van der Waals surface area contributed by atoms with Crippen molar-refractivity contribution >= 4 is 23.6 Å². The number of nitrogens with zero attached hydrogens (tertiary/aromatic N) is 2. The van der Waals surface area contributed by atoms with Gasteiger partial charge in [-0.1, -0.05) is 0 Å². The summed E-state index contributed by atoms with van der Waals surface area (Å²) in [5, 5.41) is 0. The fourth-order valence-corrected chi connectivity index (χ4v) is 4.37. The number of carbonyl (C=O) groups is 4. The van der Waals surface area contributed by atoms with E-state index < -0.39 is 23.9 Å². The van der Waals surface area contributed by atoms with Gasteiger partial charge in [-0.05, 0) is 37.5 Å². The van der Waals surface area contributed by atoms with Crippen molar-refractivity contribution in [3.05, 3.63) is 12.2 Å². The second kappa shape index (κ2) is 5.06. The van der Waals surface area contributed by atoms with E-state index in [2.05, 4.69) is 0 Å². The number of nitrogens with two attached hydrogens (primary N) is 2. The van der Waals surface area contributed by atoms with Gasteiger partial charge in [0.2, 0.25) is 23.6 Å². The fourth-order valence-electron chi connectivity index (χ4n) is 4.37. The first kappa shape index (κ1) is 15.2. The molecule has 6 atom stereocenters. The molecular formula is C16H20N4O4. The van der Waals surface area contributed by atoms with Crippen molar-refractivity contribution in [1.29, 1.82) is 0 Å². The molecule has 128 valence electrons. The van der Waals surface area contributed by atoms with Gasteiger partial charge in [0.1, 0.15) is 12.1 Å². The maximum atomic E-state index is 12.4. The Morgan fingerprint density at radius 3 is 1.42 bits per heavy atom. The summed E-state index contributed by atoms with van der Waals surface area (Å²) in [5.41, 5.74) is 10.7. The average Bonchev–Trinajstić information content (AvgIpc) is 3.40. The normalized spacial score (nSPS) is 38.8. The Kier molecular flexibility index (Phi) is 3.20. The highest BCUT2D eigenvalue weighted by Gasteiger charge is 2.56. The predicted octanol–water partition coefficient (Wildman–Crippen LogP) is -1.51. The zero-order chi connectivity index (χ0) is 17.2. The van der Waals surface area contributed by atoms with E-state index in [-0.39, 0.29) is 23.9 Å². The molecule has 0 unspecified atom stereocenters. The van der Waals surface area contributed by atoms with Crippen LogP contribution in [0.3, 0.4) is 0 Å². The molecule has 0 aromatic rings. The minimum absolute atomic E-state index is 0.0627. The van der Waals surface area contributed by atoms with Crippen LogP contribution in [0.1, 0.15) is 25.7 Å². The number of hydrogen-bond acceptors (Lipinski definition) is 4. The van der Waals surface area contributed by atoms with Gasteiger partial charge in [0, 0.05) is 24.2 Å². The van der Waals surface area contributed by atoms with Crippen LogP contribution < -0.4 is 11.5 Å². The summed E-state index contributed by atoms with van der Waals surface area (Å²) >= 11 is 0. The van der Waals surface area contributed by atoms with Crippen LogP contribution in [0.2, 0.25) is 0 Å². The predicted molar refractivity (Wildman–Crippen MR) is 81.8 cm³/mol. The van der Waals surface area contributed by atoms with Crippen LogP contribution >= 0.6 is 0 Å². The number of hydrogen-bond donors (Lipinski definition) is 2. The van der Waals surface area contributed by atoms with Crippen molar-refractivity contribution in [2.45, 2.75) is 49.9 Å². The maximum absolute atomic E-state index is 12.4. The number of piperidine rings is 2. The molecule has 24 heavy (non-hydrogen) atoms. The summed E-state index contributed by atoms with van der Waals surface area (Å²) in [4.78, 5) is 50.7. The molecule has 2 heterocycles. The highest BCUT2D eigenvalue weighted by Crippen LogP contribution is 2.48. The van der Waals surface area contributed by atoms with E-state index in [0.717, 1.165) is 12.8 Å². The standard InChI is InChI=1S/C16H20N4O4/c17-15(23)11-5-7-3-9(7)19(11)13(21)1-2-14(22)20-10-4-8(10)6-12(20)16(18)24/h1-2,7-12H,3-6H2,(H2,17,23)(H2,18,24)/t7-,8-,9-,10-,11-,12-/m0/s1. The van der Waals surface area contributed by atoms with Crippen molar-refractivity contribution in [2.24, 2.45) is 23.3 Å². The molecular weight excluding hydrogens is 312 g/mol. The summed E-state index contributed by atoms with van der Waals surface area (Å²) in [5.74, 6) is -1.08. The molecule has 2 aliphatic heterocycles. The van der Waals surface area contributed by atoms with Crippen LogP contribution in [0.25, 0.3) is 0 Å². The highest BCUT2D eigenvalue weighted by atomic mass is 16.2. The first-order chi connectivity index (χ1) is 11.4. The smallest absolute Gasteiger partial charge is 0.247 e. The van der Waals surface area contributed by atoms with Crippen LogP contribution in [-0.4, -0.2) is 57.6 Å². The molecule has 0 radical (unpaired) electrons. The van der Waals surface area contributed by atoms with Crippen molar-refractivity contribution in [3.8, 4) is 0 Å². The van der Waals surface area contributed by atoms with Gasteiger partial charge in [-0.3, -0.25) is 19.2 Å². The highest BCUT2D eigenvalue weighted by molar-refractivity contribution is 6.00. The van der Waals surface area contributed by atoms with E-state index in [1.165, 1.54) is 22.0 Å². The largest absolute Gasteiger partial charge is 0.368 e. The van der Waals surface area contributed by atoms with Gasteiger partial charge < -0.3 is 21.3 Å². The van der Waals surface area contributed by atoms with Crippen LogP contribution in [0.15, 0.2) is 12.2 Å². The van der Waals surface area contributed by atoms with Crippen molar-refractivity contribution in [1.82, 2.24) is 9.80 Å². The summed E-state index contributed by atoms with van der Waals surface area (Å²) in [6, 6.07) is -1.04. The second-order valence-corrected chi connectivity index (χ2v) is 7.26. The molecule has 8 nitrogen and oxygen atoms in total. The molecule has 2 saturated carbocycles. The van der Waals surface area contributed by atoms with Crippen molar-refractivity contribution in [2.75, 3.05) is 0 Å². The van der Waals surface area contributed by atoms with Crippen LogP contribution in [-0.2, 0) is 19.2 Å². The van der Waals surface area contributed by atoms with Crippen molar-refractivity contribution in [3.63, 3.8) is 0 Å². The molecule has 8 heteroatoms. The second-order valence-electron chi connectivity index (χ2n) is 7.26. The van der Waals surface area contributed by atoms with Crippen molar-refractivity contribution < 1.29 is 19.2 Å². The van der Waals surface area contributed by atoms with Gasteiger partial charge >= 0.3 is 0 Å². The molecule has 0 bridgehead atoms. The Bertz CT molecular complexity index is 619. The summed E-state index contributed by atoms with van der Waals surface area (Å²) in [6.45, 7) is 0. The van der Waals surface area contributed by atoms with E-state index in [1.54, 1.807) is 0 Å². The average molecular weight is 332 g/mol. The Balaban J connectivity index is 1.44. The quantitative estimate of drug-likeness (QED) is 0.607. The number of primary amides is 2. The lowest BCUT2D eigenvalue weighted by Crippen LogP contribution is -2.46. The number of carbonyl (C=O) groups excluding carboxylic acids is 4. The molecule has 4 amide bonds. The summed E-state index contributed by atoms with van der Waals surface area (Å²) in [6.07, 6.45) is 5.35. The number of likely N-dealkylation sites (tertiary alicyclic amines) is 2. The molecule has 4 N–H and O–H groups in total. The minimum Gasteiger partial charge on any atom is -0.368 e. The molecule has 4 rings (SSSR count). The zero-order valence-electron chi connectivity index (χ0n) is 13.1. The SMILES string of the molecule is NC(=O)[C@@H]1C[C@@H]2C[C@@H]2N1C(=O)C=CC(=O)N1[C@H](C(N)=O)C[C@@H]2C[C@@H]21. The lowest BCUT2D eigenvalue weighted by molar-refractivity contribution is -0.136. The number of fused-ring (bicyclic) bond motifs is 2.